The number of amides is 1. The van der Waals surface area contributed by atoms with E-state index in [1.165, 1.54) is 6.07 Å². The monoisotopic (exact) mass is 242 g/mol. The Hall–Kier alpha value is -1.55. The maximum atomic E-state index is 10.9. The number of hydrogen-bond donors (Lipinski definition) is 3. The molecule has 1 aromatic carbocycles. The fraction of sp³-hybridized carbons (Fsp3) is 0.100. The van der Waals surface area contributed by atoms with Crippen molar-refractivity contribution in [3.63, 3.8) is 0 Å². The summed E-state index contributed by atoms with van der Waals surface area (Å²) >= 11 is 0. The number of carboxylic acids is 1. The second-order valence-corrected chi connectivity index (χ2v) is 2.85. The molecule has 0 aliphatic rings. The van der Waals surface area contributed by atoms with Crippen molar-refractivity contribution in [2.75, 3.05) is 17.7 Å². The van der Waals surface area contributed by atoms with E-state index in [9.17, 15) is 9.59 Å². The molecule has 1 radical (unpaired) electrons. The van der Waals surface area contributed by atoms with Crippen molar-refractivity contribution >= 4 is 52.8 Å². The van der Waals surface area contributed by atoms with Gasteiger partial charge in [-0.25, -0.2) is 4.79 Å². The Labute approximate surface area is 120 Å². The predicted molar refractivity (Wildman–Crippen MR) is 62.7 cm³/mol. The van der Waals surface area contributed by atoms with Gasteiger partial charge in [-0.1, -0.05) is 6.07 Å². The number of carbonyl (C=O) groups excluding carboxylic acids is 1. The van der Waals surface area contributed by atoms with E-state index in [1.807, 2.05) is 6.07 Å². The van der Waals surface area contributed by atoms with Crippen molar-refractivity contribution in [3.8, 4) is 6.07 Å². The van der Waals surface area contributed by atoms with Gasteiger partial charge in [-0.15, -0.1) is 0 Å². The Morgan fingerprint density at radius 3 is 2.41 bits per heavy atom. The Morgan fingerprint density at radius 2 is 1.94 bits per heavy atom. The van der Waals surface area contributed by atoms with Crippen LogP contribution in [0.3, 0.4) is 0 Å². The van der Waals surface area contributed by atoms with Crippen LogP contribution < -0.4 is 10.6 Å². The summed E-state index contributed by atoms with van der Waals surface area (Å²) in [5.74, 6) is -2.77. The average Bonchev–Trinajstić information content (AvgIpc) is 2.28. The van der Waals surface area contributed by atoms with Crippen LogP contribution in [0.4, 0.5) is 11.4 Å². The molecule has 0 saturated carbocycles. The van der Waals surface area contributed by atoms with Gasteiger partial charge in [0, 0.05) is 36.6 Å². The number of nitriles is 1. The molecule has 17 heavy (non-hydrogen) atoms. The molecule has 0 unspecified atom stereocenters. The first kappa shape index (κ1) is 15.4. The van der Waals surface area contributed by atoms with E-state index in [1.54, 1.807) is 19.2 Å². The Kier molecular flexibility index (Phi) is 6.28. The number of aliphatic carboxylic acids is 1. The van der Waals surface area contributed by atoms with Crippen LogP contribution in [0.25, 0.3) is 0 Å². The van der Waals surface area contributed by atoms with Crippen LogP contribution in [0.15, 0.2) is 18.2 Å². The second-order valence-electron chi connectivity index (χ2n) is 2.85. The molecule has 1 rings (SSSR count). The van der Waals surface area contributed by atoms with Gasteiger partial charge in [0.05, 0.1) is 16.9 Å². The third-order valence-corrected chi connectivity index (χ3v) is 1.89. The van der Waals surface area contributed by atoms with Gasteiger partial charge in [0.15, 0.2) is 0 Å². The molecule has 7 heteroatoms. The van der Waals surface area contributed by atoms with Crippen LogP contribution in [-0.4, -0.2) is 53.6 Å². The maximum Gasteiger partial charge on any atom is 0.394 e. The normalized spacial score (nSPS) is 8.47. The number of hydrogen-bond acceptors (Lipinski definition) is 4. The zero-order chi connectivity index (χ0) is 12.1. The Bertz CT molecular complexity index is 482. The van der Waals surface area contributed by atoms with Gasteiger partial charge >= 0.3 is 11.9 Å². The maximum absolute atomic E-state index is 10.9. The minimum absolute atomic E-state index is 0. The number of benzene rings is 1. The molecule has 6 nitrogen and oxygen atoms in total. The van der Waals surface area contributed by atoms with Crippen molar-refractivity contribution in [1.29, 1.82) is 5.26 Å². The summed E-state index contributed by atoms with van der Waals surface area (Å²) in [5, 5.41) is 22.2. The standard InChI is InChI=1S/C10H9N3O3.Na/c1-12-7-3-2-4-8(6(7)5-11)13-9(14)10(15)16;/h2-4,12H,1H3,(H,13,14)(H,15,16);. The van der Waals surface area contributed by atoms with Gasteiger partial charge in [-0.05, 0) is 12.1 Å². The SMILES string of the molecule is CNc1cccc(NC(=O)C(=O)O)c1C#N.[Na]. The number of anilines is 2. The van der Waals surface area contributed by atoms with E-state index in [0.717, 1.165) is 0 Å². The van der Waals surface area contributed by atoms with Crippen LogP contribution >= 0.6 is 0 Å². The fourth-order valence-electron chi connectivity index (χ4n) is 1.16. The van der Waals surface area contributed by atoms with Crippen molar-refractivity contribution in [1.82, 2.24) is 0 Å². The molecule has 0 bridgehead atoms. The minimum atomic E-state index is -1.60. The van der Waals surface area contributed by atoms with Crippen LogP contribution in [0.1, 0.15) is 5.56 Å². The van der Waals surface area contributed by atoms with E-state index in [2.05, 4.69) is 10.6 Å². The Morgan fingerprint density at radius 1 is 1.35 bits per heavy atom. The van der Waals surface area contributed by atoms with Gasteiger partial charge in [-0.3, -0.25) is 4.79 Å². The molecule has 0 fully saturated rings. The predicted octanol–water partition coefficient (Wildman–Crippen LogP) is 0.242. The topological polar surface area (TPSA) is 102 Å². The van der Waals surface area contributed by atoms with Crippen molar-refractivity contribution in [3.05, 3.63) is 23.8 Å². The smallest absolute Gasteiger partial charge is 0.394 e. The molecule has 0 saturated heterocycles. The number of nitrogens with one attached hydrogen (secondary N) is 2. The Balaban J connectivity index is 0.00000256. The average molecular weight is 242 g/mol. The van der Waals surface area contributed by atoms with Gasteiger partial charge < -0.3 is 15.7 Å². The van der Waals surface area contributed by atoms with E-state index in [-0.39, 0.29) is 40.8 Å². The van der Waals surface area contributed by atoms with Gasteiger partial charge in [0.2, 0.25) is 0 Å². The minimum Gasteiger partial charge on any atom is -0.474 e. The molecule has 0 aliphatic heterocycles. The van der Waals surface area contributed by atoms with Crippen molar-refractivity contribution < 1.29 is 14.7 Å². The zero-order valence-corrected chi connectivity index (χ0v) is 11.4. The third kappa shape index (κ3) is 3.75. The molecule has 1 amide bonds. The summed E-state index contributed by atoms with van der Waals surface area (Å²) in [5.41, 5.74) is 0.882. The van der Waals surface area contributed by atoms with Gasteiger partial charge in [0.1, 0.15) is 6.07 Å². The third-order valence-electron chi connectivity index (χ3n) is 1.89. The van der Waals surface area contributed by atoms with Crippen LogP contribution in [0.5, 0.6) is 0 Å². The van der Waals surface area contributed by atoms with E-state index in [0.29, 0.717) is 5.69 Å². The van der Waals surface area contributed by atoms with Crippen LogP contribution in [0, 0.1) is 11.3 Å². The van der Waals surface area contributed by atoms with E-state index < -0.39 is 11.9 Å². The molecule has 0 spiro atoms. The quantitative estimate of drug-likeness (QED) is 0.509. The summed E-state index contributed by atoms with van der Waals surface area (Å²) in [6, 6.07) is 6.60. The first-order chi connectivity index (χ1) is 7.60. The number of rotatable bonds is 2. The second kappa shape index (κ2) is 6.91. The van der Waals surface area contributed by atoms with E-state index in [4.69, 9.17) is 10.4 Å². The summed E-state index contributed by atoms with van der Waals surface area (Å²) in [7, 11) is 1.62. The van der Waals surface area contributed by atoms with Crippen molar-refractivity contribution in [2.45, 2.75) is 0 Å². The van der Waals surface area contributed by atoms with Crippen LogP contribution in [-0.2, 0) is 9.59 Å². The molecule has 0 atom stereocenters. The van der Waals surface area contributed by atoms with Gasteiger partial charge in [-0.2, -0.15) is 5.26 Å². The largest absolute Gasteiger partial charge is 0.474 e. The molecule has 83 valence electrons. The summed E-state index contributed by atoms with van der Waals surface area (Å²) < 4.78 is 0. The van der Waals surface area contributed by atoms with E-state index >= 15 is 0 Å². The molecule has 0 aromatic heterocycles. The van der Waals surface area contributed by atoms with Crippen molar-refractivity contribution in [2.24, 2.45) is 0 Å². The summed E-state index contributed by atoms with van der Waals surface area (Å²) in [4.78, 5) is 21.3. The number of carbonyl (C=O) groups is 2. The molecule has 3 N–H and O–H groups in total. The first-order valence-corrected chi connectivity index (χ1v) is 4.35. The molecular weight excluding hydrogens is 233 g/mol. The first-order valence-electron chi connectivity index (χ1n) is 4.35. The number of carboxylic acid groups (broad SMARTS) is 1. The molecule has 0 heterocycles. The number of nitrogens with zero attached hydrogens (tertiary/aromatic N) is 1. The molecule has 0 aliphatic carbocycles. The van der Waals surface area contributed by atoms with Crippen LogP contribution in [0.2, 0.25) is 0 Å². The summed E-state index contributed by atoms with van der Waals surface area (Å²) in [6.45, 7) is 0. The summed E-state index contributed by atoms with van der Waals surface area (Å²) in [6.07, 6.45) is 0. The molecule has 1 aromatic rings. The molecular formula is C10H9N3NaO3. The van der Waals surface area contributed by atoms with Gasteiger partial charge in [0.25, 0.3) is 0 Å². The fourth-order valence-corrected chi connectivity index (χ4v) is 1.16. The zero-order valence-electron chi connectivity index (χ0n) is 9.44.